The maximum absolute atomic E-state index is 15.1. The zero-order chi connectivity index (χ0) is 41.3. The van der Waals surface area contributed by atoms with Crippen molar-refractivity contribution in [1.29, 1.82) is 0 Å². The second-order valence-corrected chi connectivity index (χ2v) is 14.9. The number of carbonyl (C=O) groups is 3. The highest BCUT2D eigenvalue weighted by Crippen LogP contribution is 2.38. The summed E-state index contributed by atoms with van der Waals surface area (Å²) in [6.07, 6.45) is 3.91. The molecule has 4 heterocycles. The molecule has 1 aromatic heterocycles. The van der Waals surface area contributed by atoms with Gasteiger partial charge in [0, 0.05) is 18.5 Å². The monoisotopic (exact) mass is 845 g/mol. The molecule has 0 radical (unpaired) electrons. The Morgan fingerprint density at radius 2 is 1.66 bits per heavy atom. The maximum Gasteiger partial charge on any atom is 0.415 e. The molecule has 0 unspecified atom stereocenters. The van der Waals surface area contributed by atoms with Gasteiger partial charge in [-0.2, -0.15) is 13.5 Å². The lowest BCUT2D eigenvalue weighted by Crippen LogP contribution is -2.53. The Bertz CT molecular complexity index is 2050. The van der Waals surface area contributed by atoms with Crippen molar-refractivity contribution in [2.45, 2.75) is 57.5 Å². The number of para-hydroxylation sites is 1. The summed E-state index contributed by atoms with van der Waals surface area (Å²) in [4.78, 5) is 39.2. The second-order valence-electron chi connectivity index (χ2n) is 14.1. The number of alkyl halides is 2. The minimum atomic E-state index is -3.10. The molecule has 8 rings (SSSR count). The number of fused-ring (bicyclic) bond motifs is 3. The maximum atomic E-state index is 15.1. The van der Waals surface area contributed by atoms with Crippen LogP contribution >= 0.6 is 23.2 Å². The fourth-order valence-electron chi connectivity index (χ4n) is 6.94. The van der Waals surface area contributed by atoms with Crippen LogP contribution < -0.4 is 19.1 Å². The number of ether oxygens (including phenoxy) is 4. The molecule has 4 fully saturated rings. The summed E-state index contributed by atoms with van der Waals surface area (Å²) >= 11 is 12.8. The quantitative estimate of drug-likeness (QED) is 0.0571. The summed E-state index contributed by atoms with van der Waals surface area (Å²) in [5, 5.41) is 18.9. The summed E-state index contributed by atoms with van der Waals surface area (Å²) in [6.45, 7) is -0.507. The molecule has 1 N–H and O–H groups in total. The van der Waals surface area contributed by atoms with Crippen molar-refractivity contribution in [3.63, 3.8) is 0 Å². The van der Waals surface area contributed by atoms with Crippen molar-refractivity contribution in [2.24, 2.45) is 11.8 Å². The van der Waals surface area contributed by atoms with Crippen LogP contribution in [0.3, 0.4) is 0 Å². The van der Waals surface area contributed by atoms with E-state index in [9.17, 15) is 23.6 Å². The lowest BCUT2D eigenvalue weighted by Gasteiger charge is -2.44. The highest BCUT2D eigenvalue weighted by Gasteiger charge is 2.38. The minimum Gasteiger partial charge on any atom is -0.619 e. The van der Waals surface area contributed by atoms with Crippen molar-refractivity contribution in [3.05, 3.63) is 122 Å². The van der Waals surface area contributed by atoms with E-state index in [1.807, 2.05) is 0 Å². The molecule has 12 nitrogen and oxygen atoms in total. The van der Waals surface area contributed by atoms with Gasteiger partial charge in [-0.25, -0.2) is 14.0 Å². The largest absolute Gasteiger partial charge is 0.619 e. The molecule has 4 aliphatic rings. The number of amides is 1. The molecule has 2 atom stereocenters. The first-order chi connectivity index (χ1) is 27.9. The fraction of sp³-hybridized carbons (Fsp3) is 0.366. The number of benzene rings is 3. The molecule has 308 valence electrons. The predicted molar refractivity (Wildman–Crippen MR) is 206 cm³/mol. The van der Waals surface area contributed by atoms with Gasteiger partial charge in [-0.05, 0) is 98.1 Å². The van der Waals surface area contributed by atoms with Crippen molar-refractivity contribution < 1.29 is 56.3 Å². The van der Waals surface area contributed by atoms with Crippen LogP contribution in [-0.4, -0.2) is 67.5 Å². The molecule has 3 saturated heterocycles. The van der Waals surface area contributed by atoms with E-state index >= 15 is 4.39 Å². The van der Waals surface area contributed by atoms with Gasteiger partial charge in [0.15, 0.2) is 23.9 Å². The van der Waals surface area contributed by atoms with E-state index in [4.69, 9.17) is 47.3 Å². The SMILES string of the molecule is O=C(O[C@@H](Cc1c(Cl)c[n+]([O-])cc1Cl)c1ccc(OC(F)F)c(OCC2CC2)c1)c1ccc(CN(C(=O)O[C@H]2CN3CCC2CC3)c2ccccc2F)cc1.O=CO. The third-order valence-electron chi connectivity index (χ3n) is 10.2. The van der Waals surface area contributed by atoms with Gasteiger partial charge in [0.2, 0.25) is 0 Å². The number of esters is 1. The lowest BCUT2D eigenvalue weighted by atomic mass is 9.86. The zero-order valence-corrected chi connectivity index (χ0v) is 32.5. The van der Waals surface area contributed by atoms with Crippen LogP contribution in [0.2, 0.25) is 10.0 Å². The van der Waals surface area contributed by atoms with Crippen molar-refractivity contribution in [3.8, 4) is 11.5 Å². The van der Waals surface area contributed by atoms with E-state index in [1.165, 1.54) is 53.4 Å². The van der Waals surface area contributed by atoms with Gasteiger partial charge < -0.3 is 29.3 Å². The van der Waals surface area contributed by atoms with Gasteiger partial charge >= 0.3 is 18.7 Å². The first kappa shape index (κ1) is 42.4. The molecule has 3 aromatic carbocycles. The number of hydrogen-bond donors (Lipinski definition) is 1. The Morgan fingerprint density at radius 3 is 2.26 bits per heavy atom. The highest BCUT2D eigenvalue weighted by atomic mass is 35.5. The van der Waals surface area contributed by atoms with Crippen LogP contribution in [0.25, 0.3) is 0 Å². The number of hydrogen-bond acceptors (Lipinski definition) is 9. The first-order valence-electron chi connectivity index (χ1n) is 18.5. The lowest BCUT2D eigenvalue weighted by molar-refractivity contribution is -0.605. The van der Waals surface area contributed by atoms with Gasteiger partial charge in [-0.15, -0.1) is 0 Å². The molecule has 1 amide bonds. The molecule has 58 heavy (non-hydrogen) atoms. The number of halogens is 5. The minimum absolute atomic E-state index is 0.0298. The number of nitrogens with zero attached hydrogens (tertiary/aromatic N) is 3. The summed E-state index contributed by atoms with van der Waals surface area (Å²) in [6, 6.07) is 16.5. The molecule has 1 aliphatic carbocycles. The Labute approximate surface area is 342 Å². The third kappa shape index (κ3) is 11.0. The van der Waals surface area contributed by atoms with Gasteiger partial charge in [-0.3, -0.25) is 14.6 Å². The second kappa shape index (κ2) is 19.5. The molecule has 17 heteroatoms. The number of carboxylic acid groups (broad SMARTS) is 1. The zero-order valence-electron chi connectivity index (χ0n) is 31.0. The number of anilines is 1. The molecular weight excluding hydrogens is 806 g/mol. The van der Waals surface area contributed by atoms with Gasteiger partial charge in [-0.1, -0.05) is 53.5 Å². The van der Waals surface area contributed by atoms with Crippen LogP contribution in [0, 0.1) is 22.9 Å². The fourth-order valence-corrected chi connectivity index (χ4v) is 7.54. The summed E-state index contributed by atoms with van der Waals surface area (Å²) in [5.74, 6) is -0.911. The number of carbonyl (C=O) groups excluding carboxylic acids is 2. The molecule has 3 aliphatic heterocycles. The predicted octanol–water partition coefficient (Wildman–Crippen LogP) is 8.24. The molecular formula is C41H40Cl2F3N3O9. The smallest absolute Gasteiger partial charge is 0.415 e. The third-order valence-corrected chi connectivity index (χ3v) is 10.8. The van der Waals surface area contributed by atoms with E-state index in [2.05, 4.69) is 9.64 Å². The van der Waals surface area contributed by atoms with E-state index in [1.54, 1.807) is 18.2 Å². The van der Waals surface area contributed by atoms with E-state index in [-0.39, 0.29) is 64.3 Å². The summed E-state index contributed by atoms with van der Waals surface area (Å²) < 4.78 is 64.6. The van der Waals surface area contributed by atoms with Crippen LogP contribution in [0.1, 0.15) is 58.8 Å². The number of pyridine rings is 1. The Hall–Kier alpha value is -5.25. The number of rotatable bonds is 14. The van der Waals surface area contributed by atoms with Crippen LogP contribution in [0.5, 0.6) is 11.5 Å². The molecule has 1 saturated carbocycles. The standard InChI is InChI=1S/C40H38Cl2F3N3O7.CH2O2/c41-30-20-47(51)21-31(42)29(30)18-35(28-11-12-34(54-39(44)45)36(17-28)52-23-25-5-6-25)53-38(49)27-9-7-24(8-10-27)19-48(33-4-2-1-3-32(33)43)40(50)55-37-22-46-15-13-26(37)14-16-46;2-1-3/h1-4,7-12,17,20-21,25-26,35,37,39H,5-6,13-16,18-19,22-23H2;1H,(H,2,3)/t35-,37-;/m0./s1. The normalized spacial score (nSPS) is 18.7. The average molecular weight is 847 g/mol. The van der Waals surface area contributed by atoms with Crippen molar-refractivity contribution in [2.75, 3.05) is 31.1 Å². The molecule has 4 aromatic rings. The van der Waals surface area contributed by atoms with Crippen LogP contribution in [-0.2, 0) is 27.2 Å². The topological polar surface area (TPSA) is 142 Å². The molecule has 0 spiro atoms. The van der Waals surface area contributed by atoms with Crippen LogP contribution in [0.4, 0.5) is 23.7 Å². The van der Waals surface area contributed by atoms with Gasteiger partial charge in [0.1, 0.15) is 28.1 Å². The van der Waals surface area contributed by atoms with Crippen LogP contribution in [0.15, 0.2) is 79.1 Å². The first-order valence-corrected chi connectivity index (χ1v) is 19.3. The number of piperidine rings is 3. The van der Waals surface area contributed by atoms with Gasteiger partial charge in [0.05, 0.1) is 24.4 Å². The van der Waals surface area contributed by atoms with E-state index in [0.717, 1.165) is 51.2 Å². The van der Waals surface area contributed by atoms with Crippen molar-refractivity contribution >= 4 is 47.4 Å². The Kier molecular flexibility index (Phi) is 14.2. The van der Waals surface area contributed by atoms with Gasteiger partial charge in [0.25, 0.3) is 6.47 Å². The van der Waals surface area contributed by atoms with E-state index < -0.39 is 30.6 Å². The summed E-state index contributed by atoms with van der Waals surface area (Å²) in [5.41, 5.74) is 1.47. The highest BCUT2D eigenvalue weighted by molar-refractivity contribution is 6.35. The average Bonchev–Trinajstić information content (AvgIpc) is 4.03. The Morgan fingerprint density at radius 1 is 0.983 bits per heavy atom. The van der Waals surface area contributed by atoms with Crippen molar-refractivity contribution in [1.82, 2.24) is 4.90 Å². The Balaban J connectivity index is 0.00000183. The van der Waals surface area contributed by atoms with E-state index in [0.29, 0.717) is 40.5 Å². The molecule has 2 bridgehead atoms. The summed E-state index contributed by atoms with van der Waals surface area (Å²) in [7, 11) is 0. The number of aromatic nitrogens is 1.